The van der Waals surface area contributed by atoms with E-state index in [1.165, 1.54) is 0 Å². The van der Waals surface area contributed by atoms with Crippen molar-refractivity contribution in [1.29, 1.82) is 0 Å². The second-order valence-electron chi connectivity index (χ2n) is 8.54. The summed E-state index contributed by atoms with van der Waals surface area (Å²) in [5.41, 5.74) is 1.96. The van der Waals surface area contributed by atoms with E-state index in [1.807, 2.05) is 32.0 Å². The first kappa shape index (κ1) is 26.3. The first-order valence-corrected chi connectivity index (χ1v) is 13.4. The van der Waals surface area contributed by atoms with Gasteiger partial charge in [-0.3, -0.25) is 24.2 Å². The molecule has 6 nitrogen and oxygen atoms in total. The van der Waals surface area contributed by atoms with Crippen LogP contribution in [-0.2, 0) is 4.79 Å². The number of carbonyl (C=O) groups is 3. The molecule has 3 amide bonds. The van der Waals surface area contributed by atoms with E-state index in [4.69, 9.17) is 51.1 Å². The van der Waals surface area contributed by atoms with E-state index in [0.29, 0.717) is 28.1 Å². The number of ether oxygens (including phenoxy) is 1. The number of fused-ring (bicyclic) bond motifs is 1. The molecule has 2 heterocycles. The molecule has 1 fully saturated rings. The van der Waals surface area contributed by atoms with Gasteiger partial charge in [-0.05, 0) is 65.2 Å². The van der Waals surface area contributed by atoms with Crippen LogP contribution < -0.4 is 9.64 Å². The summed E-state index contributed by atoms with van der Waals surface area (Å²) in [5, 5.41) is -0.643. The Kier molecular flexibility index (Phi) is 6.96. The fourth-order valence-corrected chi connectivity index (χ4v) is 6.38. The fraction of sp³-hybridized carbons (Fsp3) is 0.192. The average Bonchev–Trinajstić information content (AvgIpc) is 3.12. The van der Waals surface area contributed by atoms with Crippen molar-refractivity contribution in [2.45, 2.75) is 25.9 Å². The second-order valence-corrected chi connectivity index (χ2v) is 10.9. The Morgan fingerprint density at radius 3 is 1.89 bits per heavy atom. The zero-order chi connectivity index (χ0) is 26.8. The van der Waals surface area contributed by atoms with Gasteiger partial charge < -0.3 is 4.74 Å². The van der Waals surface area contributed by atoms with Crippen LogP contribution in [0.15, 0.2) is 46.9 Å². The number of hydrogen-bond acceptors (Lipinski definition) is 4. The molecule has 190 valence electrons. The molecule has 0 N–H and O–H groups in total. The summed E-state index contributed by atoms with van der Waals surface area (Å²) in [7, 11) is 0. The molecule has 3 aromatic carbocycles. The Labute approximate surface area is 241 Å². The van der Waals surface area contributed by atoms with Crippen LogP contribution in [0.4, 0.5) is 5.69 Å². The van der Waals surface area contributed by atoms with Gasteiger partial charge in [0.1, 0.15) is 11.8 Å². The number of carbonyl (C=O) groups excluding carboxylic acids is 3. The molecule has 0 saturated carbocycles. The van der Waals surface area contributed by atoms with Gasteiger partial charge in [0, 0.05) is 4.47 Å². The largest absolute Gasteiger partial charge is 0.494 e. The lowest BCUT2D eigenvalue weighted by Gasteiger charge is -2.50. The highest BCUT2D eigenvalue weighted by molar-refractivity contribution is 9.10. The first-order chi connectivity index (χ1) is 17.6. The third-order valence-corrected chi connectivity index (χ3v) is 8.81. The van der Waals surface area contributed by atoms with Crippen LogP contribution in [0.3, 0.4) is 0 Å². The number of imide groups is 1. The number of rotatable bonds is 5. The van der Waals surface area contributed by atoms with Crippen molar-refractivity contribution in [2.24, 2.45) is 0 Å². The van der Waals surface area contributed by atoms with E-state index < -0.39 is 29.8 Å². The molecule has 2 atom stereocenters. The Bertz CT molecular complexity index is 1450. The van der Waals surface area contributed by atoms with E-state index in [-0.39, 0.29) is 31.2 Å². The van der Waals surface area contributed by atoms with Crippen LogP contribution >= 0.6 is 62.3 Å². The summed E-state index contributed by atoms with van der Waals surface area (Å²) in [6, 6.07) is 10.9. The number of benzene rings is 3. The van der Waals surface area contributed by atoms with E-state index in [2.05, 4.69) is 15.9 Å². The minimum Gasteiger partial charge on any atom is -0.494 e. The van der Waals surface area contributed by atoms with Gasteiger partial charge in [-0.25, -0.2) is 0 Å². The summed E-state index contributed by atoms with van der Waals surface area (Å²) in [6.45, 7) is 4.30. The predicted octanol–water partition coefficient (Wildman–Crippen LogP) is 7.52. The van der Waals surface area contributed by atoms with Gasteiger partial charge in [-0.2, -0.15) is 0 Å². The lowest BCUT2D eigenvalue weighted by molar-refractivity contribution is -0.130. The molecular formula is C26H17BrCl4N2O4. The van der Waals surface area contributed by atoms with Crippen molar-refractivity contribution < 1.29 is 19.1 Å². The summed E-state index contributed by atoms with van der Waals surface area (Å²) < 4.78 is 6.24. The lowest BCUT2D eigenvalue weighted by atomic mass is 9.86. The van der Waals surface area contributed by atoms with Gasteiger partial charge in [0.15, 0.2) is 0 Å². The number of anilines is 1. The van der Waals surface area contributed by atoms with Crippen molar-refractivity contribution in [3.63, 3.8) is 0 Å². The first-order valence-electron chi connectivity index (χ1n) is 11.1. The molecule has 1 saturated heterocycles. The normalized spacial score (nSPS) is 18.8. The monoisotopic (exact) mass is 640 g/mol. The molecule has 11 heteroatoms. The highest BCUT2D eigenvalue weighted by atomic mass is 79.9. The van der Waals surface area contributed by atoms with Crippen LogP contribution in [0.25, 0.3) is 0 Å². The summed E-state index contributed by atoms with van der Waals surface area (Å²) in [5.74, 6) is -1.31. The molecule has 37 heavy (non-hydrogen) atoms. The van der Waals surface area contributed by atoms with E-state index in [9.17, 15) is 14.4 Å². The molecule has 0 bridgehead atoms. The van der Waals surface area contributed by atoms with E-state index in [1.54, 1.807) is 29.2 Å². The highest BCUT2D eigenvalue weighted by Gasteiger charge is 2.58. The topological polar surface area (TPSA) is 66.9 Å². The second kappa shape index (κ2) is 9.79. The minimum absolute atomic E-state index is 0.136. The molecule has 0 radical (unpaired) electrons. The zero-order valence-electron chi connectivity index (χ0n) is 19.3. The maximum absolute atomic E-state index is 13.7. The third kappa shape index (κ3) is 4.03. The molecule has 0 unspecified atom stereocenters. The van der Waals surface area contributed by atoms with E-state index >= 15 is 0 Å². The Balaban J connectivity index is 1.63. The maximum atomic E-state index is 13.7. The smallest absolute Gasteiger partial charge is 0.264 e. The summed E-state index contributed by atoms with van der Waals surface area (Å²) in [4.78, 5) is 43.3. The van der Waals surface area contributed by atoms with Gasteiger partial charge in [0.25, 0.3) is 17.7 Å². The van der Waals surface area contributed by atoms with Gasteiger partial charge in [0.2, 0.25) is 0 Å². The summed E-state index contributed by atoms with van der Waals surface area (Å²) in [6.07, 6.45) is 0. The predicted molar refractivity (Wildman–Crippen MR) is 147 cm³/mol. The molecule has 2 aliphatic rings. The molecule has 0 aromatic heterocycles. The maximum Gasteiger partial charge on any atom is 0.264 e. The van der Waals surface area contributed by atoms with Gasteiger partial charge in [-0.15, -0.1) is 0 Å². The fourth-order valence-electron chi connectivity index (χ4n) is 4.68. The van der Waals surface area contributed by atoms with Crippen molar-refractivity contribution in [3.8, 4) is 5.75 Å². The molecule has 3 aromatic rings. The quantitative estimate of drug-likeness (QED) is 0.125. The zero-order valence-corrected chi connectivity index (χ0v) is 23.9. The van der Waals surface area contributed by atoms with Gasteiger partial charge in [-0.1, -0.05) is 64.6 Å². The van der Waals surface area contributed by atoms with Crippen LogP contribution in [0.1, 0.15) is 44.8 Å². The van der Waals surface area contributed by atoms with Crippen LogP contribution in [0.5, 0.6) is 5.75 Å². The number of β-lactam (4-membered cyclic amide) rings is 1. The third-order valence-electron chi connectivity index (χ3n) is 6.37. The number of aryl methyl sites for hydroxylation is 1. The van der Waals surface area contributed by atoms with Crippen LogP contribution in [0.2, 0.25) is 20.1 Å². The number of halogens is 5. The Hall–Kier alpha value is -2.29. The van der Waals surface area contributed by atoms with Crippen molar-refractivity contribution in [1.82, 2.24) is 4.90 Å². The molecular weight excluding hydrogens is 626 g/mol. The molecule has 0 spiro atoms. The van der Waals surface area contributed by atoms with E-state index in [0.717, 1.165) is 10.5 Å². The van der Waals surface area contributed by atoms with Crippen LogP contribution in [0, 0.1) is 6.92 Å². The lowest BCUT2D eigenvalue weighted by Crippen LogP contribution is -2.67. The Morgan fingerprint density at radius 1 is 0.811 bits per heavy atom. The molecule has 5 rings (SSSR count). The van der Waals surface area contributed by atoms with Crippen LogP contribution in [-0.4, -0.2) is 35.3 Å². The van der Waals surface area contributed by atoms with Gasteiger partial charge >= 0.3 is 0 Å². The molecule has 0 aliphatic carbocycles. The van der Waals surface area contributed by atoms with Crippen molar-refractivity contribution in [3.05, 3.63) is 89.3 Å². The summed E-state index contributed by atoms with van der Waals surface area (Å²) >= 11 is 28.5. The number of amides is 3. The molecule has 2 aliphatic heterocycles. The minimum atomic E-state index is -1.15. The number of hydrogen-bond donors (Lipinski definition) is 0. The standard InChI is InChI=1S/C26H17BrCl4N2O4/c1-3-37-13-7-5-12(6-8-13)22-23(26(36)32(22)15-9-4-11(2)10-14(15)27)33-24(34)16-17(25(33)35)19(29)21(31)20(30)18(16)28/h4-10,22-23H,3H2,1-2H3/t22-,23-/m0/s1. The SMILES string of the molecule is CCOc1ccc([C@H]2[C@H](N3C(=O)c4c(Cl)c(Cl)c(Cl)c(Cl)c4C3=O)C(=O)N2c2ccc(C)cc2Br)cc1. The van der Waals surface area contributed by atoms with Gasteiger partial charge in [0.05, 0.1) is 49.6 Å². The Morgan fingerprint density at radius 2 is 1.38 bits per heavy atom. The average molecular weight is 643 g/mol. The van der Waals surface area contributed by atoms with Crippen molar-refractivity contribution in [2.75, 3.05) is 11.5 Å². The van der Waals surface area contributed by atoms with Crippen molar-refractivity contribution >= 4 is 85.7 Å². The number of nitrogens with zero attached hydrogens (tertiary/aromatic N) is 2. The highest BCUT2D eigenvalue weighted by Crippen LogP contribution is 2.50.